The van der Waals surface area contributed by atoms with Gasteiger partial charge in [-0.05, 0) is 25.0 Å². The molecule has 0 bridgehead atoms. The van der Waals surface area contributed by atoms with Crippen molar-refractivity contribution in [2.45, 2.75) is 18.9 Å². The third-order valence-electron chi connectivity index (χ3n) is 4.76. The van der Waals surface area contributed by atoms with Gasteiger partial charge in [-0.3, -0.25) is 14.4 Å². The van der Waals surface area contributed by atoms with Crippen LogP contribution in [0.1, 0.15) is 12.8 Å². The molecular weight excluding hydrogens is 386 g/mol. The maximum absolute atomic E-state index is 12.8. The van der Waals surface area contributed by atoms with Gasteiger partial charge in [0.15, 0.2) is 11.5 Å². The SMILES string of the molecule is O=C(CCl)NCCNC(=O)C1CCCN(C(=O)C2COc3ccccc3O2)C1. The number of ether oxygens (including phenoxy) is 2. The largest absolute Gasteiger partial charge is 0.485 e. The second-order valence-electron chi connectivity index (χ2n) is 6.76. The van der Waals surface area contributed by atoms with Crippen LogP contribution in [-0.2, 0) is 14.4 Å². The zero-order valence-electron chi connectivity index (χ0n) is 15.5. The molecule has 2 N–H and O–H groups in total. The Bertz CT molecular complexity index is 729. The highest BCUT2D eigenvalue weighted by Crippen LogP contribution is 2.31. The summed E-state index contributed by atoms with van der Waals surface area (Å²) in [6.07, 6.45) is 0.758. The van der Waals surface area contributed by atoms with E-state index in [1.807, 2.05) is 12.1 Å². The van der Waals surface area contributed by atoms with Crippen LogP contribution in [0.3, 0.4) is 0 Å². The van der Waals surface area contributed by atoms with Crippen molar-refractivity contribution in [1.29, 1.82) is 0 Å². The zero-order chi connectivity index (χ0) is 19.9. The number of nitrogens with one attached hydrogen (secondary N) is 2. The minimum absolute atomic E-state index is 0.106. The Balaban J connectivity index is 1.48. The van der Waals surface area contributed by atoms with Crippen molar-refractivity contribution in [2.24, 2.45) is 5.92 Å². The molecule has 0 aromatic heterocycles. The number of rotatable bonds is 6. The molecular formula is C19H24ClN3O5. The molecule has 2 atom stereocenters. The van der Waals surface area contributed by atoms with E-state index in [1.165, 1.54) is 0 Å². The average Bonchev–Trinajstić information content (AvgIpc) is 2.75. The minimum Gasteiger partial charge on any atom is -0.485 e. The van der Waals surface area contributed by atoms with Gasteiger partial charge >= 0.3 is 0 Å². The summed E-state index contributed by atoms with van der Waals surface area (Å²) in [4.78, 5) is 38.0. The highest BCUT2D eigenvalue weighted by molar-refractivity contribution is 6.27. The van der Waals surface area contributed by atoms with Crippen LogP contribution in [-0.4, -0.2) is 67.4 Å². The van der Waals surface area contributed by atoms with E-state index >= 15 is 0 Å². The molecule has 0 aliphatic carbocycles. The van der Waals surface area contributed by atoms with E-state index < -0.39 is 6.10 Å². The summed E-state index contributed by atoms with van der Waals surface area (Å²) in [5.74, 6) is 0.233. The van der Waals surface area contributed by atoms with Crippen LogP contribution in [0, 0.1) is 5.92 Å². The van der Waals surface area contributed by atoms with E-state index in [0.29, 0.717) is 44.1 Å². The maximum atomic E-state index is 12.8. The number of para-hydroxylation sites is 2. The first-order chi connectivity index (χ1) is 13.6. The molecule has 2 unspecified atom stereocenters. The molecule has 0 radical (unpaired) electrons. The zero-order valence-corrected chi connectivity index (χ0v) is 16.2. The normalized spacial score (nSPS) is 21.0. The first-order valence-corrected chi connectivity index (χ1v) is 9.89. The van der Waals surface area contributed by atoms with Gasteiger partial charge in [0.2, 0.25) is 17.9 Å². The standard InChI is InChI=1S/C19H24ClN3O5/c20-10-17(24)21-7-8-22-18(25)13-4-3-9-23(11-13)19(26)16-12-27-14-5-1-2-6-15(14)28-16/h1-2,5-6,13,16H,3-4,7-12H2,(H,21,24)(H,22,25). The molecule has 1 aromatic rings. The van der Waals surface area contributed by atoms with Gasteiger partial charge < -0.3 is 25.0 Å². The molecule has 0 spiro atoms. The van der Waals surface area contributed by atoms with Crippen molar-refractivity contribution in [3.8, 4) is 11.5 Å². The Labute approximate surface area is 168 Å². The number of carbonyl (C=O) groups excluding carboxylic acids is 3. The molecule has 0 saturated carbocycles. The van der Waals surface area contributed by atoms with Gasteiger partial charge in [-0.15, -0.1) is 11.6 Å². The first-order valence-electron chi connectivity index (χ1n) is 9.36. The van der Waals surface area contributed by atoms with Crippen molar-refractivity contribution in [3.05, 3.63) is 24.3 Å². The van der Waals surface area contributed by atoms with Crippen LogP contribution in [0.4, 0.5) is 0 Å². The van der Waals surface area contributed by atoms with Crippen molar-refractivity contribution in [2.75, 3.05) is 38.7 Å². The first kappa shape index (κ1) is 20.3. The fourth-order valence-electron chi connectivity index (χ4n) is 3.32. The Morgan fingerprint density at radius 3 is 2.68 bits per heavy atom. The number of alkyl halides is 1. The number of fused-ring (bicyclic) bond motifs is 1. The predicted molar refractivity (Wildman–Crippen MR) is 102 cm³/mol. The molecule has 2 aliphatic rings. The monoisotopic (exact) mass is 409 g/mol. The number of hydrogen-bond acceptors (Lipinski definition) is 5. The highest BCUT2D eigenvalue weighted by Gasteiger charge is 2.35. The lowest BCUT2D eigenvalue weighted by Crippen LogP contribution is -2.52. The number of carbonyl (C=O) groups is 3. The summed E-state index contributed by atoms with van der Waals surface area (Å²) in [6.45, 7) is 1.74. The van der Waals surface area contributed by atoms with Gasteiger partial charge in [-0.25, -0.2) is 0 Å². The van der Waals surface area contributed by atoms with Crippen molar-refractivity contribution >= 4 is 29.3 Å². The van der Waals surface area contributed by atoms with Crippen LogP contribution in [0.2, 0.25) is 0 Å². The van der Waals surface area contributed by atoms with E-state index in [9.17, 15) is 14.4 Å². The predicted octanol–water partition coefficient (Wildman–Crippen LogP) is 0.536. The number of halogens is 1. The van der Waals surface area contributed by atoms with E-state index in [4.69, 9.17) is 21.1 Å². The van der Waals surface area contributed by atoms with Crippen molar-refractivity contribution in [3.63, 3.8) is 0 Å². The molecule has 8 nitrogen and oxygen atoms in total. The van der Waals surface area contributed by atoms with Gasteiger partial charge in [0.05, 0.1) is 5.92 Å². The molecule has 1 fully saturated rings. The number of likely N-dealkylation sites (tertiary alicyclic amines) is 1. The minimum atomic E-state index is -0.706. The molecule has 28 heavy (non-hydrogen) atoms. The number of nitrogens with zero attached hydrogens (tertiary/aromatic N) is 1. The number of piperidine rings is 1. The summed E-state index contributed by atoms with van der Waals surface area (Å²) < 4.78 is 11.4. The van der Waals surface area contributed by atoms with Crippen LogP contribution in [0.25, 0.3) is 0 Å². The fraction of sp³-hybridized carbons (Fsp3) is 0.526. The lowest BCUT2D eigenvalue weighted by Gasteiger charge is -2.35. The topological polar surface area (TPSA) is 97.0 Å². The van der Waals surface area contributed by atoms with Crippen LogP contribution in [0.15, 0.2) is 24.3 Å². The van der Waals surface area contributed by atoms with Crippen LogP contribution in [0.5, 0.6) is 11.5 Å². The number of hydrogen-bond donors (Lipinski definition) is 2. The van der Waals surface area contributed by atoms with Crippen LogP contribution < -0.4 is 20.1 Å². The summed E-state index contributed by atoms with van der Waals surface area (Å²) >= 11 is 5.40. The average molecular weight is 410 g/mol. The summed E-state index contributed by atoms with van der Waals surface area (Å²) in [7, 11) is 0. The third kappa shape index (κ3) is 5.07. The molecule has 2 aliphatic heterocycles. The Morgan fingerprint density at radius 2 is 1.89 bits per heavy atom. The maximum Gasteiger partial charge on any atom is 0.267 e. The van der Waals surface area contributed by atoms with Gasteiger partial charge in [-0.1, -0.05) is 12.1 Å². The molecule has 1 saturated heterocycles. The molecule has 1 aromatic carbocycles. The molecule has 9 heteroatoms. The molecule has 2 heterocycles. The third-order valence-corrected chi connectivity index (χ3v) is 5.00. The van der Waals surface area contributed by atoms with Crippen molar-refractivity contribution < 1.29 is 23.9 Å². The smallest absolute Gasteiger partial charge is 0.267 e. The second kappa shape index (κ2) is 9.64. The van der Waals surface area contributed by atoms with E-state index in [2.05, 4.69) is 10.6 Å². The van der Waals surface area contributed by atoms with E-state index in [0.717, 1.165) is 6.42 Å². The van der Waals surface area contributed by atoms with E-state index in [1.54, 1.807) is 17.0 Å². The van der Waals surface area contributed by atoms with Gasteiger partial charge in [0, 0.05) is 26.2 Å². The quantitative estimate of drug-likeness (QED) is 0.528. The Kier molecular flexibility index (Phi) is 6.97. The number of amides is 3. The summed E-state index contributed by atoms with van der Waals surface area (Å²) in [5, 5.41) is 5.38. The van der Waals surface area contributed by atoms with Crippen LogP contribution >= 0.6 is 11.6 Å². The fourth-order valence-corrected chi connectivity index (χ4v) is 3.41. The Morgan fingerprint density at radius 1 is 1.14 bits per heavy atom. The molecule has 3 amide bonds. The lowest BCUT2D eigenvalue weighted by molar-refractivity contribution is -0.144. The van der Waals surface area contributed by atoms with E-state index in [-0.39, 0.29) is 36.1 Å². The van der Waals surface area contributed by atoms with Gasteiger partial charge in [0.25, 0.3) is 5.91 Å². The summed E-state index contributed by atoms with van der Waals surface area (Å²) in [6, 6.07) is 7.24. The van der Waals surface area contributed by atoms with Gasteiger partial charge in [0.1, 0.15) is 12.5 Å². The molecule has 152 valence electrons. The summed E-state index contributed by atoms with van der Waals surface area (Å²) in [5.41, 5.74) is 0. The molecule has 3 rings (SSSR count). The number of benzene rings is 1. The lowest BCUT2D eigenvalue weighted by atomic mass is 9.96. The Hall–Kier alpha value is -2.48. The van der Waals surface area contributed by atoms with Gasteiger partial charge in [-0.2, -0.15) is 0 Å². The highest BCUT2D eigenvalue weighted by atomic mass is 35.5. The second-order valence-corrected chi connectivity index (χ2v) is 7.03. The van der Waals surface area contributed by atoms with Crippen molar-refractivity contribution in [1.82, 2.24) is 15.5 Å².